The molecule has 2 heterocycles. The van der Waals surface area contributed by atoms with Crippen molar-refractivity contribution < 1.29 is 14.3 Å². The zero-order chi connectivity index (χ0) is 20.1. The number of hydrogen-bond donors (Lipinski definition) is 3. The van der Waals surface area contributed by atoms with E-state index in [2.05, 4.69) is 25.8 Å². The van der Waals surface area contributed by atoms with Crippen molar-refractivity contribution in [3.05, 3.63) is 41.9 Å². The van der Waals surface area contributed by atoms with Crippen LogP contribution >= 0.6 is 0 Å². The number of alkyl carbamates (subject to hydrolysis) is 1. The number of nitrogens with zero attached hydrogens (tertiary/aromatic N) is 2. The van der Waals surface area contributed by atoms with Crippen LogP contribution in [0.2, 0.25) is 0 Å². The molecule has 0 saturated heterocycles. The van der Waals surface area contributed by atoms with Gasteiger partial charge in [0, 0.05) is 35.6 Å². The highest BCUT2D eigenvalue weighted by Crippen LogP contribution is 2.34. The highest BCUT2D eigenvalue weighted by Gasteiger charge is 2.29. The van der Waals surface area contributed by atoms with Gasteiger partial charge < -0.3 is 15.4 Å². The Kier molecular flexibility index (Phi) is 5.96. The Morgan fingerprint density at radius 1 is 1.29 bits per heavy atom. The molecule has 1 aliphatic carbocycles. The molecule has 1 fully saturated rings. The fourth-order valence-electron chi connectivity index (χ4n) is 3.33. The maximum Gasteiger partial charge on any atom is 0.407 e. The van der Waals surface area contributed by atoms with Gasteiger partial charge in [-0.1, -0.05) is 6.07 Å². The summed E-state index contributed by atoms with van der Waals surface area (Å²) in [7, 11) is 0. The van der Waals surface area contributed by atoms with Gasteiger partial charge in [-0.05, 0) is 52.2 Å². The summed E-state index contributed by atoms with van der Waals surface area (Å²) in [5.41, 5.74) is 1.16. The van der Waals surface area contributed by atoms with E-state index in [0.717, 1.165) is 25.0 Å². The van der Waals surface area contributed by atoms with Crippen LogP contribution in [0.25, 0.3) is 0 Å². The molecule has 3 N–H and O–H groups in total. The number of aromatic nitrogens is 3. The summed E-state index contributed by atoms with van der Waals surface area (Å²) < 4.78 is 5.31. The number of ether oxygens (including phenoxy) is 1. The third-order valence-electron chi connectivity index (χ3n) is 4.53. The first-order valence-corrected chi connectivity index (χ1v) is 9.53. The van der Waals surface area contributed by atoms with Gasteiger partial charge in [0.2, 0.25) is 5.91 Å². The first-order valence-electron chi connectivity index (χ1n) is 9.53. The fourth-order valence-corrected chi connectivity index (χ4v) is 3.33. The molecule has 1 aliphatic rings. The van der Waals surface area contributed by atoms with Crippen molar-refractivity contribution in [2.75, 3.05) is 5.32 Å². The summed E-state index contributed by atoms with van der Waals surface area (Å²) in [4.78, 5) is 28.2. The van der Waals surface area contributed by atoms with E-state index < -0.39 is 5.60 Å². The zero-order valence-corrected chi connectivity index (χ0v) is 16.5. The summed E-state index contributed by atoms with van der Waals surface area (Å²) in [6, 6.07) is 7.41. The second-order valence-corrected chi connectivity index (χ2v) is 8.11. The maximum absolute atomic E-state index is 12.1. The molecule has 0 aliphatic heterocycles. The second kappa shape index (κ2) is 8.41. The van der Waals surface area contributed by atoms with E-state index in [1.165, 1.54) is 0 Å². The van der Waals surface area contributed by atoms with E-state index in [9.17, 15) is 9.59 Å². The van der Waals surface area contributed by atoms with Crippen LogP contribution in [0.4, 0.5) is 10.6 Å². The first-order chi connectivity index (χ1) is 13.3. The van der Waals surface area contributed by atoms with Crippen molar-refractivity contribution in [3.8, 4) is 0 Å². The van der Waals surface area contributed by atoms with Crippen molar-refractivity contribution in [1.82, 2.24) is 20.5 Å². The molecule has 28 heavy (non-hydrogen) atoms. The Labute approximate surface area is 164 Å². The molecule has 0 radical (unpaired) electrons. The smallest absolute Gasteiger partial charge is 0.407 e. The van der Waals surface area contributed by atoms with E-state index in [0.29, 0.717) is 11.5 Å². The van der Waals surface area contributed by atoms with Crippen LogP contribution in [0.5, 0.6) is 0 Å². The van der Waals surface area contributed by atoms with Crippen LogP contribution in [0.1, 0.15) is 57.3 Å². The monoisotopic (exact) mass is 385 g/mol. The number of anilines is 1. The standard InChI is InChI=1S/C20H27N5O3/c1-20(2,3)28-19(27)22-15-8-7-13(10-15)16-12-17(25-24-16)23-18(26)11-14-6-4-5-9-21-14/h4-6,9,12-13,15H,7-8,10-11H2,1-3H3,(H,22,27)(H2,23,24,25,26)/t13-,15+/m0/s1. The summed E-state index contributed by atoms with van der Waals surface area (Å²) in [6.45, 7) is 5.54. The number of amides is 2. The third-order valence-corrected chi connectivity index (χ3v) is 4.53. The molecule has 2 atom stereocenters. The van der Waals surface area contributed by atoms with Crippen LogP contribution in [0, 0.1) is 0 Å². The first kappa shape index (κ1) is 19.9. The molecular weight excluding hydrogens is 358 g/mol. The van der Waals surface area contributed by atoms with Gasteiger partial charge in [-0.25, -0.2) is 4.79 Å². The van der Waals surface area contributed by atoms with Crippen LogP contribution in [-0.2, 0) is 16.0 Å². The van der Waals surface area contributed by atoms with Gasteiger partial charge in [-0.2, -0.15) is 5.10 Å². The lowest BCUT2D eigenvalue weighted by molar-refractivity contribution is -0.115. The average molecular weight is 385 g/mol. The van der Waals surface area contributed by atoms with Crippen molar-refractivity contribution in [1.29, 1.82) is 0 Å². The van der Waals surface area contributed by atoms with Gasteiger partial charge in [0.05, 0.1) is 6.42 Å². The lowest BCUT2D eigenvalue weighted by Crippen LogP contribution is -2.37. The summed E-state index contributed by atoms with van der Waals surface area (Å²) in [6.07, 6.45) is 4.10. The number of rotatable bonds is 5. The molecule has 1 saturated carbocycles. The minimum absolute atomic E-state index is 0.0744. The van der Waals surface area contributed by atoms with E-state index in [4.69, 9.17) is 4.74 Å². The Morgan fingerprint density at radius 2 is 2.11 bits per heavy atom. The third kappa shape index (κ3) is 5.80. The van der Waals surface area contributed by atoms with Gasteiger partial charge in [-0.3, -0.25) is 14.9 Å². The SMILES string of the molecule is CC(C)(C)OC(=O)N[C@@H]1CC[C@H](c2cc(NC(=O)Cc3ccccn3)n[nH]2)C1. The molecule has 3 rings (SSSR count). The zero-order valence-electron chi connectivity index (χ0n) is 16.5. The molecule has 2 aromatic heterocycles. The van der Waals surface area contributed by atoms with Crippen LogP contribution in [-0.4, -0.2) is 38.8 Å². The number of pyridine rings is 1. The predicted octanol–water partition coefficient (Wildman–Crippen LogP) is 3.15. The molecular formula is C20H27N5O3. The summed E-state index contributed by atoms with van der Waals surface area (Å²) >= 11 is 0. The highest BCUT2D eigenvalue weighted by molar-refractivity contribution is 5.91. The molecule has 0 unspecified atom stereocenters. The molecule has 0 aromatic carbocycles. The van der Waals surface area contributed by atoms with Crippen molar-refractivity contribution in [3.63, 3.8) is 0 Å². The number of hydrogen-bond acceptors (Lipinski definition) is 5. The minimum atomic E-state index is -0.506. The Morgan fingerprint density at radius 3 is 2.82 bits per heavy atom. The van der Waals surface area contributed by atoms with Gasteiger partial charge in [0.15, 0.2) is 5.82 Å². The number of carbonyl (C=O) groups is 2. The number of nitrogens with one attached hydrogen (secondary N) is 3. The van der Waals surface area contributed by atoms with Gasteiger partial charge in [0.25, 0.3) is 0 Å². The summed E-state index contributed by atoms with van der Waals surface area (Å²) in [5.74, 6) is 0.598. The van der Waals surface area contributed by atoms with Gasteiger partial charge in [0.1, 0.15) is 5.60 Å². The highest BCUT2D eigenvalue weighted by atomic mass is 16.6. The molecule has 0 spiro atoms. The van der Waals surface area contributed by atoms with Crippen LogP contribution in [0.3, 0.4) is 0 Å². The predicted molar refractivity (Wildman–Crippen MR) is 105 cm³/mol. The van der Waals surface area contributed by atoms with Crippen LogP contribution < -0.4 is 10.6 Å². The van der Waals surface area contributed by atoms with E-state index in [-0.39, 0.29) is 30.4 Å². The topological polar surface area (TPSA) is 109 Å². The molecule has 8 heteroatoms. The molecule has 8 nitrogen and oxygen atoms in total. The minimum Gasteiger partial charge on any atom is -0.444 e. The Balaban J connectivity index is 1.49. The van der Waals surface area contributed by atoms with E-state index in [1.54, 1.807) is 6.20 Å². The van der Waals surface area contributed by atoms with Gasteiger partial charge >= 0.3 is 6.09 Å². The molecule has 2 aromatic rings. The van der Waals surface area contributed by atoms with Crippen molar-refractivity contribution in [2.45, 2.75) is 64.0 Å². The summed E-state index contributed by atoms with van der Waals surface area (Å²) in [5, 5.41) is 12.9. The normalized spacial score (nSPS) is 19.2. The number of H-pyrrole nitrogens is 1. The van der Waals surface area contributed by atoms with Gasteiger partial charge in [-0.15, -0.1) is 0 Å². The Hall–Kier alpha value is -2.90. The number of carbonyl (C=O) groups excluding carboxylic acids is 2. The lowest BCUT2D eigenvalue weighted by Gasteiger charge is -2.21. The quantitative estimate of drug-likeness (QED) is 0.732. The van der Waals surface area contributed by atoms with Crippen molar-refractivity contribution >= 4 is 17.8 Å². The molecule has 0 bridgehead atoms. The second-order valence-electron chi connectivity index (χ2n) is 8.11. The van der Waals surface area contributed by atoms with E-state index in [1.807, 2.05) is 45.0 Å². The Bertz CT molecular complexity index is 813. The van der Waals surface area contributed by atoms with Crippen LogP contribution in [0.15, 0.2) is 30.5 Å². The van der Waals surface area contributed by atoms with Crippen molar-refractivity contribution in [2.24, 2.45) is 0 Å². The number of aromatic amines is 1. The average Bonchev–Trinajstić information content (AvgIpc) is 3.23. The van der Waals surface area contributed by atoms with E-state index >= 15 is 0 Å². The molecule has 150 valence electrons. The molecule has 2 amide bonds. The largest absolute Gasteiger partial charge is 0.444 e. The fraction of sp³-hybridized carbons (Fsp3) is 0.500. The maximum atomic E-state index is 12.1. The lowest BCUT2D eigenvalue weighted by atomic mass is 10.0.